The Balaban J connectivity index is 2.04. The highest BCUT2D eigenvalue weighted by Gasteiger charge is 2.22. The van der Waals surface area contributed by atoms with Crippen LogP contribution in [0.2, 0.25) is 0 Å². The summed E-state index contributed by atoms with van der Waals surface area (Å²) in [4.78, 5) is 11.8. The summed E-state index contributed by atoms with van der Waals surface area (Å²) in [6, 6.07) is 17.5. The molecule has 0 amide bonds. The zero-order valence-corrected chi connectivity index (χ0v) is 16.3. The van der Waals surface area contributed by atoms with Crippen LogP contribution in [0.25, 0.3) is 17.1 Å². The molecule has 0 aliphatic carbocycles. The molecule has 1 aromatic heterocycles. The Morgan fingerprint density at radius 3 is 2.44 bits per heavy atom. The fourth-order valence-corrected chi connectivity index (χ4v) is 3.48. The first-order valence-corrected chi connectivity index (χ1v) is 9.50. The molecule has 0 aliphatic heterocycles. The van der Waals surface area contributed by atoms with Gasteiger partial charge in [0, 0.05) is 11.3 Å². The van der Waals surface area contributed by atoms with Gasteiger partial charge < -0.3 is 9.47 Å². The van der Waals surface area contributed by atoms with Crippen LogP contribution in [0.4, 0.5) is 0 Å². The molecule has 6 nitrogen and oxygen atoms in total. The van der Waals surface area contributed by atoms with Gasteiger partial charge in [-0.2, -0.15) is 0 Å². The van der Waals surface area contributed by atoms with E-state index in [1.807, 2.05) is 66.1 Å². The van der Waals surface area contributed by atoms with E-state index in [9.17, 15) is 4.79 Å². The summed E-state index contributed by atoms with van der Waals surface area (Å²) in [7, 11) is 1.38. The molecule has 1 heterocycles. The van der Waals surface area contributed by atoms with Gasteiger partial charge in [0.15, 0.2) is 11.0 Å². The monoisotopic (exact) mass is 383 g/mol. The van der Waals surface area contributed by atoms with Crippen LogP contribution in [0.5, 0.6) is 5.75 Å². The smallest absolute Gasteiger partial charge is 0.318 e. The Morgan fingerprint density at radius 1 is 1.11 bits per heavy atom. The molecule has 2 aromatic carbocycles. The van der Waals surface area contributed by atoms with Crippen molar-refractivity contribution in [2.24, 2.45) is 0 Å². The molecule has 0 saturated heterocycles. The van der Waals surface area contributed by atoms with Gasteiger partial charge in [-0.1, -0.05) is 42.1 Å². The second-order valence-electron chi connectivity index (χ2n) is 5.72. The molecule has 0 fully saturated rings. The first-order valence-electron chi connectivity index (χ1n) is 8.62. The summed E-state index contributed by atoms with van der Waals surface area (Å²) in [5.74, 6) is 1.20. The number of rotatable bonds is 7. The van der Waals surface area contributed by atoms with Crippen molar-refractivity contribution in [2.75, 3.05) is 13.7 Å². The Bertz CT molecular complexity index is 895. The van der Waals surface area contributed by atoms with E-state index in [1.165, 1.54) is 18.9 Å². The maximum atomic E-state index is 11.8. The number of hydrogen-bond donors (Lipinski definition) is 0. The van der Waals surface area contributed by atoms with E-state index in [4.69, 9.17) is 9.47 Å². The van der Waals surface area contributed by atoms with Crippen LogP contribution in [0.3, 0.4) is 0 Å². The number of aromatic nitrogens is 3. The molecule has 0 radical (unpaired) electrons. The summed E-state index contributed by atoms with van der Waals surface area (Å²) < 4.78 is 12.3. The van der Waals surface area contributed by atoms with E-state index in [0.29, 0.717) is 17.6 Å². The molecule has 3 rings (SSSR count). The van der Waals surface area contributed by atoms with Crippen LogP contribution < -0.4 is 4.74 Å². The second kappa shape index (κ2) is 8.73. The Labute approximate surface area is 162 Å². The van der Waals surface area contributed by atoms with Crippen molar-refractivity contribution in [2.45, 2.75) is 24.3 Å². The number of ether oxygens (including phenoxy) is 2. The quantitative estimate of drug-likeness (QED) is 0.454. The van der Waals surface area contributed by atoms with E-state index >= 15 is 0 Å². The molecule has 27 heavy (non-hydrogen) atoms. The number of hydrogen-bond acceptors (Lipinski definition) is 6. The van der Waals surface area contributed by atoms with Crippen molar-refractivity contribution in [3.63, 3.8) is 0 Å². The molecule has 140 valence electrons. The maximum Gasteiger partial charge on any atom is 0.318 e. The van der Waals surface area contributed by atoms with Gasteiger partial charge in [0.2, 0.25) is 0 Å². The van der Waals surface area contributed by atoms with Gasteiger partial charge in [0.1, 0.15) is 11.0 Å². The summed E-state index contributed by atoms with van der Waals surface area (Å²) in [5, 5.41) is 8.91. The van der Waals surface area contributed by atoms with Crippen molar-refractivity contribution in [1.82, 2.24) is 14.8 Å². The van der Waals surface area contributed by atoms with Gasteiger partial charge in [-0.05, 0) is 38.1 Å². The Hall–Kier alpha value is -2.80. The average Bonchev–Trinajstić information content (AvgIpc) is 3.12. The molecule has 0 bridgehead atoms. The molecule has 0 saturated carbocycles. The van der Waals surface area contributed by atoms with E-state index in [1.54, 1.807) is 6.92 Å². The van der Waals surface area contributed by atoms with Crippen molar-refractivity contribution in [3.05, 3.63) is 54.6 Å². The van der Waals surface area contributed by atoms with E-state index < -0.39 is 5.25 Å². The van der Waals surface area contributed by atoms with Gasteiger partial charge >= 0.3 is 5.97 Å². The third-order valence-electron chi connectivity index (χ3n) is 3.89. The molecule has 1 unspecified atom stereocenters. The predicted molar refractivity (Wildman–Crippen MR) is 105 cm³/mol. The number of nitrogens with zero attached hydrogens (tertiary/aromatic N) is 3. The number of benzene rings is 2. The van der Waals surface area contributed by atoms with Crippen LogP contribution in [0.15, 0.2) is 59.8 Å². The molecule has 0 aliphatic rings. The minimum Gasteiger partial charge on any atom is -0.494 e. The molecule has 1 atom stereocenters. The highest BCUT2D eigenvalue weighted by molar-refractivity contribution is 8.00. The second-order valence-corrected chi connectivity index (χ2v) is 7.03. The summed E-state index contributed by atoms with van der Waals surface area (Å²) >= 11 is 1.31. The number of carbonyl (C=O) groups is 1. The summed E-state index contributed by atoms with van der Waals surface area (Å²) in [6.07, 6.45) is 0. The lowest BCUT2D eigenvalue weighted by Gasteiger charge is -2.13. The normalized spacial score (nSPS) is 11.8. The van der Waals surface area contributed by atoms with E-state index in [2.05, 4.69) is 10.2 Å². The highest BCUT2D eigenvalue weighted by atomic mass is 32.2. The highest BCUT2D eigenvalue weighted by Crippen LogP contribution is 2.31. The van der Waals surface area contributed by atoms with Crippen molar-refractivity contribution in [1.29, 1.82) is 0 Å². The van der Waals surface area contributed by atoms with Crippen LogP contribution in [0.1, 0.15) is 13.8 Å². The first-order chi connectivity index (χ1) is 13.1. The fraction of sp³-hybridized carbons (Fsp3) is 0.250. The lowest BCUT2D eigenvalue weighted by atomic mass is 10.2. The first kappa shape index (κ1) is 19.0. The lowest BCUT2D eigenvalue weighted by Crippen LogP contribution is -2.15. The third-order valence-corrected chi connectivity index (χ3v) is 4.91. The van der Waals surface area contributed by atoms with Gasteiger partial charge in [0.25, 0.3) is 0 Å². The minimum absolute atomic E-state index is 0.303. The topological polar surface area (TPSA) is 66.2 Å². The number of esters is 1. The standard InChI is InChI=1S/C20H21N3O3S/c1-4-26-17-12-10-16(11-13-17)23-18(15-8-6-5-7-9-15)21-22-20(23)27-14(2)19(24)25-3/h5-14H,4H2,1-3H3. The fourth-order valence-electron chi connectivity index (χ4n) is 2.58. The zero-order chi connectivity index (χ0) is 19.2. The summed E-state index contributed by atoms with van der Waals surface area (Å²) in [5.41, 5.74) is 1.83. The SMILES string of the molecule is CCOc1ccc(-n2c(SC(C)C(=O)OC)nnc2-c2ccccc2)cc1. The van der Waals surface area contributed by atoms with Gasteiger partial charge in [-0.25, -0.2) is 0 Å². The number of thioether (sulfide) groups is 1. The lowest BCUT2D eigenvalue weighted by molar-refractivity contribution is -0.139. The van der Waals surface area contributed by atoms with Crippen LogP contribution in [-0.4, -0.2) is 39.7 Å². The van der Waals surface area contributed by atoms with Crippen LogP contribution >= 0.6 is 11.8 Å². The largest absolute Gasteiger partial charge is 0.494 e. The molecule has 0 N–H and O–H groups in total. The third kappa shape index (κ3) is 4.31. The van der Waals surface area contributed by atoms with Crippen molar-refractivity contribution < 1.29 is 14.3 Å². The van der Waals surface area contributed by atoms with Crippen LogP contribution in [-0.2, 0) is 9.53 Å². The van der Waals surface area contributed by atoms with Crippen LogP contribution in [0, 0.1) is 0 Å². The Kier molecular flexibility index (Phi) is 6.13. The molecule has 7 heteroatoms. The zero-order valence-electron chi connectivity index (χ0n) is 15.5. The average molecular weight is 383 g/mol. The Morgan fingerprint density at radius 2 is 1.81 bits per heavy atom. The van der Waals surface area contributed by atoms with E-state index in [0.717, 1.165) is 17.0 Å². The molecular weight excluding hydrogens is 362 g/mol. The van der Waals surface area contributed by atoms with Gasteiger partial charge in [-0.3, -0.25) is 9.36 Å². The maximum absolute atomic E-state index is 11.8. The van der Waals surface area contributed by atoms with Crippen molar-refractivity contribution in [3.8, 4) is 22.8 Å². The molecule has 3 aromatic rings. The summed E-state index contributed by atoms with van der Waals surface area (Å²) in [6.45, 7) is 4.35. The number of carbonyl (C=O) groups excluding carboxylic acids is 1. The number of methoxy groups -OCH3 is 1. The molecular formula is C20H21N3O3S. The predicted octanol–water partition coefficient (Wildman–Crippen LogP) is 3.99. The minimum atomic E-state index is -0.399. The van der Waals surface area contributed by atoms with E-state index in [-0.39, 0.29) is 5.97 Å². The van der Waals surface area contributed by atoms with Crippen molar-refractivity contribution >= 4 is 17.7 Å². The van der Waals surface area contributed by atoms with Gasteiger partial charge in [-0.15, -0.1) is 10.2 Å². The molecule has 0 spiro atoms. The van der Waals surface area contributed by atoms with Gasteiger partial charge in [0.05, 0.1) is 13.7 Å².